The maximum Gasteiger partial charge on any atom is 0.178 e. The highest BCUT2D eigenvalue weighted by Crippen LogP contribution is 2.17. The second-order valence-electron chi connectivity index (χ2n) is 5.15. The fourth-order valence-electron chi connectivity index (χ4n) is 2.17. The number of aliphatic hydroxyl groups is 2. The number of aromatic nitrogens is 4. The molecule has 122 valence electrons. The van der Waals surface area contributed by atoms with Crippen molar-refractivity contribution in [2.75, 3.05) is 25.6 Å². The molecule has 2 atom stereocenters. The fraction of sp³-hybridized carbons (Fsp3) is 0.615. The summed E-state index contributed by atoms with van der Waals surface area (Å²) in [4.78, 5) is 19.3. The van der Waals surface area contributed by atoms with E-state index in [9.17, 15) is 4.79 Å². The zero-order valence-corrected chi connectivity index (χ0v) is 12.4. The van der Waals surface area contributed by atoms with Crippen molar-refractivity contribution in [3.05, 3.63) is 6.33 Å². The van der Waals surface area contributed by atoms with Gasteiger partial charge in [-0.1, -0.05) is 0 Å². The standard InChI is InChI=1S/C13H21N5O4/c1-8(22-3-2-9(5-19)10(21)6-20)4-18-13-11(17-18)12(14)15-7-16-13/h7-9,17,19-20H,2-6H2,1H3,(H2,14,15,16). The molecule has 0 saturated heterocycles. The number of aliphatic hydroxyl groups excluding tert-OH is 2. The van der Waals surface area contributed by atoms with Crippen LogP contribution < -0.4 is 5.73 Å². The predicted molar refractivity (Wildman–Crippen MR) is 79.0 cm³/mol. The number of carbonyl (C=O) groups excluding carboxylic acids is 1. The van der Waals surface area contributed by atoms with Crippen LogP contribution in [0.25, 0.3) is 11.2 Å². The number of Topliss-reactive ketones (excluding diaryl/α,β-unsaturated/α-hetero) is 1. The average molecular weight is 311 g/mol. The van der Waals surface area contributed by atoms with Gasteiger partial charge in [0.25, 0.3) is 0 Å². The normalized spacial score (nSPS) is 14.3. The molecular weight excluding hydrogens is 290 g/mol. The van der Waals surface area contributed by atoms with Crippen molar-refractivity contribution in [3.8, 4) is 0 Å². The molecule has 22 heavy (non-hydrogen) atoms. The molecule has 0 fully saturated rings. The summed E-state index contributed by atoms with van der Waals surface area (Å²) >= 11 is 0. The van der Waals surface area contributed by atoms with Crippen molar-refractivity contribution in [1.82, 2.24) is 19.7 Å². The quantitative estimate of drug-likeness (QED) is 0.480. The van der Waals surface area contributed by atoms with Crippen LogP contribution in [0, 0.1) is 5.92 Å². The topological polar surface area (TPSA) is 139 Å². The molecule has 5 N–H and O–H groups in total. The molecular formula is C13H21N5O4. The number of hydrogen-bond acceptors (Lipinski definition) is 7. The van der Waals surface area contributed by atoms with Gasteiger partial charge in [0, 0.05) is 12.5 Å². The van der Waals surface area contributed by atoms with E-state index in [2.05, 4.69) is 15.1 Å². The minimum atomic E-state index is -0.576. The highest BCUT2D eigenvalue weighted by atomic mass is 16.5. The molecule has 0 saturated carbocycles. The van der Waals surface area contributed by atoms with Gasteiger partial charge in [-0.25, -0.2) is 9.97 Å². The molecule has 0 amide bonds. The number of ether oxygens (including phenoxy) is 1. The summed E-state index contributed by atoms with van der Waals surface area (Å²) in [5, 5.41) is 20.9. The number of H-pyrrole nitrogens is 1. The van der Waals surface area contributed by atoms with Gasteiger partial charge in [-0.15, -0.1) is 0 Å². The van der Waals surface area contributed by atoms with Crippen LogP contribution in [-0.2, 0) is 16.1 Å². The molecule has 0 aliphatic heterocycles. The van der Waals surface area contributed by atoms with Gasteiger partial charge in [-0.2, -0.15) is 0 Å². The molecule has 2 aromatic heterocycles. The summed E-state index contributed by atoms with van der Waals surface area (Å²) in [5.74, 6) is -0.542. The van der Waals surface area contributed by atoms with Crippen LogP contribution in [0.15, 0.2) is 6.33 Å². The Morgan fingerprint density at radius 2 is 2.27 bits per heavy atom. The second kappa shape index (κ2) is 7.34. The fourth-order valence-corrected chi connectivity index (χ4v) is 2.17. The summed E-state index contributed by atoms with van der Waals surface area (Å²) in [6.45, 7) is 1.93. The lowest BCUT2D eigenvalue weighted by Gasteiger charge is -2.21. The highest BCUT2D eigenvalue weighted by molar-refractivity contribution is 5.82. The first-order chi connectivity index (χ1) is 10.6. The molecule has 0 spiro atoms. The average Bonchev–Trinajstić information content (AvgIpc) is 2.50. The van der Waals surface area contributed by atoms with Gasteiger partial charge >= 0.3 is 0 Å². The SMILES string of the molecule is CC(Cn1[nH]c2c(N)ncnc21)OCCC(CO)C(=O)CO. The third-order valence-electron chi connectivity index (χ3n) is 3.50. The largest absolute Gasteiger partial charge is 0.396 e. The first kappa shape index (κ1) is 16.4. The van der Waals surface area contributed by atoms with E-state index in [1.165, 1.54) is 6.33 Å². The van der Waals surface area contributed by atoms with Crippen molar-refractivity contribution in [2.24, 2.45) is 5.92 Å². The molecule has 2 rings (SSSR count). The van der Waals surface area contributed by atoms with Crippen LogP contribution in [-0.4, -0.2) is 61.7 Å². The van der Waals surface area contributed by atoms with Crippen molar-refractivity contribution < 1.29 is 19.7 Å². The minimum Gasteiger partial charge on any atom is -0.396 e. The van der Waals surface area contributed by atoms with E-state index in [0.29, 0.717) is 30.9 Å². The van der Waals surface area contributed by atoms with Crippen molar-refractivity contribution >= 4 is 22.8 Å². The molecule has 0 aliphatic rings. The second-order valence-corrected chi connectivity index (χ2v) is 5.15. The van der Waals surface area contributed by atoms with Gasteiger partial charge in [-0.3, -0.25) is 14.6 Å². The van der Waals surface area contributed by atoms with Crippen LogP contribution in [0.4, 0.5) is 5.82 Å². The zero-order chi connectivity index (χ0) is 16.1. The Balaban J connectivity index is 1.80. The minimum absolute atomic E-state index is 0.111. The number of carbonyl (C=O) groups is 1. The smallest absolute Gasteiger partial charge is 0.178 e. The van der Waals surface area contributed by atoms with Gasteiger partial charge in [0.05, 0.1) is 19.3 Å². The maximum atomic E-state index is 11.3. The number of rotatable bonds is 9. The molecule has 9 nitrogen and oxygen atoms in total. The summed E-state index contributed by atoms with van der Waals surface area (Å²) in [7, 11) is 0. The lowest BCUT2D eigenvalue weighted by Crippen LogP contribution is -2.26. The van der Waals surface area contributed by atoms with E-state index in [-0.39, 0.29) is 18.5 Å². The van der Waals surface area contributed by atoms with E-state index < -0.39 is 12.5 Å². The van der Waals surface area contributed by atoms with Crippen LogP contribution in [0.2, 0.25) is 0 Å². The molecule has 2 unspecified atom stereocenters. The predicted octanol–water partition coefficient (Wildman–Crippen LogP) is -0.693. The maximum absolute atomic E-state index is 11.3. The number of anilines is 1. The number of nitrogens with one attached hydrogen (secondary N) is 1. The number of hydrogen-bond donors (Lipinski definition) is 4. The molecule has 0 aliphatic carbocycles. The molecule has 0 aromatic carbocycles. The monoisotopic (exact) mass is 311 g/mol. The van der Waals surface area contributed by atoms with E-state index in [0.717, 1.165) is 5.65 Å². The number of ketones is 1. The zero-order valence-electron chi connectivity index (χ0n) is 12.4. The lowest BCUT2D eigenvalue weighted by molar-refractivity contribution is -0.127. The van der Waals surface area contributed by atoms with Gasteiger partial charge < -0.3 is 20.7 Å². The molecule has 9 heteroatoms. The Hall–Kier alpha value is -1.97. The van der Waals surface area contributed by atoms with Crippen LogP contribution in [0.3, 0.4) is 0 Å². The molecule has 2 heterocycles. The Morgan fingerprint density at radius 3 is 2.95 bits per heavy atom. The molecule has 2 aromatic rings. The summed E-state index contributed by atoms with van der Waals surface area (Å²) in [5.41, 5.74) is 7.13. The summed E-state index contributed by atoms with van der Waals surface area (Å²) < 4.78 is 7.43. The summed E-state index contributed by atoms with van der Waals surface area (Å²) in [6.07, 6.45) is 1.67. The van der Waals surface area contributed by atoms with Crippen molar-refractivity contribution in [3.63, 3.8) is 0 Å². The van der Waals surface area contributed by atoms with E-state index in [4.69, 9.17) is 20.7 Å². The number of nitrogen functional groups attached to an aromatic ring is 1. The van der Waals surface area contributed by atoms with Crippen LogP contribution in [0.5, 0.6) is 0 Å². The Morgan fingerprint density at radius 1 is 1.50 bits per heavy atom. The third-order valence-corrected chi connectivity index (χ3v) is 3.50. The van der Waals surface area contributed by atoms with Crippen molar-refractivity contribution in [1.29, 1.82) is 0 Å². The van der Waals surface area contributed by atoms with Gasteiger partial charge in [-0.05, 0) is 13.3 Å². The highest BCUT2D eigenvalue weighted by Gasteiger charge is 2.17. The van der Waals surface area contributed by atoms with Crippen molar-refractivity contribution in [2.45, 2.75) is 26.0 Å². The Kier molecular flexibility index (Phi) is 5.47. The first-order valence-electron chi connectivity index (χ1n) is 7.07. The van der Waals surface area contributed by atoms with Crippen LogP contribution >= 0.6 is 0 Å². The van der Waals surface area contributed by atoms with E-state index in [1.54, 1.807) is 4.68 Å². The lowest BCUT2D eigenvalue weighted by atomic mass is 10.0. The van der Waals surface area contributed by atoms with Gasteiger partial charge in [0.15, 0.2) is 17.2 Å². The number of nitrogens with zero attached hydrogens (tertiary/aromatic N) is 3. The Bertz CT molecular complexity index is 623. The molecule has 0 bridgehead atoms. The van der Waals surface area contributed by atoms with E-state index in [1.807, 2.05) is 6.92 Å². The van der Waals surface area contributed by atoms with Gasteiger partial charge in [0.2, 0.25) is 0 Å². The first-order valence-corrected chi connectivity index (χ1v) is 7.07. The Labute approximate surface area is 127 Å². The summed E-state index contributed by atoms with van der Waals surface area (Å²) in [6, 6.07) is 0. The number of nitrogens with two attached hydrogens (primary N) is 1. The number of aromatic amines is 1. The van der Waals surface area contributed by atoms with Crippen LogP contribution in [0.1, 0.15) is 13.3 Å². The number of fused-ring (bicyclic) bond motifs is 1. The molecule has 0 radical (unpaired) electrons. The van der Waals surface area contributed by atoms with Gasteiger partial charge in [0.1, 0.15) is 18.5 Å². The van der Waals surface area contributed by atoms with E-state index >= 15 is 0 Å². The third kappa shape index (κ3) is 3.62.